The summed E-state index contributed by atoms with van der Waals surface area (Å²) < 4.78 is 11.8. The molecule has 110 valence electrons. The van der Waals surface area contributed by atoms with Crippen LogP contribution in [-0.4, -0.2) is 28.4 Å². The predicted octanol–water partition coefficient (Wildman–Crippen LogP) is 2.26. The van der Waals surface area contributed by atoms with Crippen LogP contribution in [0.5, 0.6) is 0 Å². The monoisotopic (exact) mass is 297 g/mol. The van der Waals surface area contributed by atoms with Crippen LogP contribution >= 0.6 is 11.6 Å². The van der Waals surface area contributed by atoms with Gasteiger partial charge < -0.3 is 14.4 Å². The van der Waals surface area contributed by atoms with Crippen LogP contribution in [0.1, 0.15) is 47.1 Å². The fourth-order valence-corrected chi connectivity index (χ4v) is 2.38. The molecule has 4 nitrogen and oxygen atoms in total. The highest BCUT2D eigenvalue weighted by Crippen LogP contribution is 2.36. The summed E-state index contributed by atoms with van der Waals surface area (Å²) in [4.78, 5) is 4.32. The molecule has 1 fully saturated rings. The molecule has 1 N–H and O–H groups in total. The van der Waals surface area contributed by atoms with Crippen LogP contribution in [0.2, 0.25) is 5.02 Å². The van der Waals surface area contributed by atoms with Crippen LogP contribution in [-0.2, 0) is 14.9 Å². The van der Waals surface area contributed by atoms with Gasteiger partial charge in [-0.3, -0.25) is 4.98 Å². The minimum atomic E-state index is -1.03. The number of hydrogen-bond donors (Lipinski definition) is 1. The van der Waals surface area contributed by atoms with E-state index in [2.05, 4.69) is 4.98 Å². The minimum absolute atomic E-state index is 0.416. The zero-order valence-corrected chi connectivity index (χ0v) is 13.6. The van der Waals surface area contributed by atoms with Crippen molar-refractivity contribution in [1.82, 2.24) is 4.98 Å². The smallest absolute Gasteiger partial charge is 0.398 e. The second-order valence-corrected chi connectivity index (χ2v) is 7.14. The first-order valence-electron chi connectivity index (χ1n) is 6.68. The van der Waals surface area contributed by atoms with Crippen molar-refractivity contribution in [2.24, 2.45) is 0 Å². The van der Waals surface area contributed by atoms with E-state index in [1.165, 1.54) is 0 Å². The third-order valence-corrected chi connectivity index (χ3v) is 4.34. The van der Waals surface area contributed by atoms with Crippen molar-refractivity contribution in [3.8, 4) is 0 Å². The maximum Gasteiger partial charge on any atom is 0.514 e. The summed E-state index contributed by atoms with van der Waals surface area (Å²) in [5.41, 5.74) is -0.666. The zero-order chi connectivity index (χ0) is 15.3. The van der Waals surface area contributed by atoms with Gasteiger partial charge in [-0.15, -0.1) is 0 Å². The average Bonchev–Trinajstić information content (AvgIpc) is 2.46. The van der Waals surface area contributed by atoms with E-state index in [0.717, 1.165) is 0 Å². The number of aromatic nitrogens is 1. The highest BCUT2D eigenvalue weighted by molar-refractivity contribution is 6.61. The van der Waals surface area contributed by atoms with Crippen molar-refractivity contribution in [3.05, 3.63) is 22.8 Å². The molecule has 2 heterocycles. The Morgan fingerprint density at radius 3 is 2.10 bits per heavy atom. The molecule has 2 rings (SSSR count). The van der Waals surface area contributed by atoms with E-state index in [9.17, 15) is 5.11 Å². The van der Waals surface area contributed by atoms with Gasteiger partial charge in [-0.05, 0) is 47.6 Å². The van der Waals surface area contributed by atoms with Crippen molar-refractivity contribution < 1.29 is 14.4 Å². The summed E-state index contributed by atoms with van der Waals surface area (Å²) in [6.07, 6.45) is 1.57. The van der Waals surface area contributed by atoms with Crippen LogP contribution in [0.3, 0.4) is 0 Å². The van der Waals surface area contributed by atoms with Gasteiger partial charge in [0.1, 0.15) is 0 Å². The maximum absolute atomic E-state index is 10.0. The average molecular weight is 298 g/mol. The molecule has 0 aromatic carbocycles. The molecule has 0 atom stereocenters. The van der Waals surface area contributed by atoms with Gasteiger partial charge >= 0.3 is 7.12 Å². The van der Waals surface area contributed by atoms with Crippen LogP contribution in [0.4, 0.5) is 0 Å². The quantitative estimate of drug-likeness (QED) is 0.851. The molecule has 1 aromatic rings. The van der Waals surface area contributed by atoms with Crippen LogP contribution < -0.4 is 5.59 Å². The highest BCUT2D eigenvalue weighted by atomic mass is 35.5. The predicted molar refractivity (Wildman–Crippen MR) is 80.2 cm³/mol. The summed E-state index contributed by atoms with van der Waals surface area (Å²) in [5, 5.41) is 10.5. The standard InChI is InChI=1S/C14H21BClNO3/c1-12(2,18)9-8-17-11(7-10(9)16)15-19-13(3,4)14(5,6)20-15/h7-8,18H,1-6H3. The molecule has 0 spiro atoms. The molecular formula is C14H21BClNO3. The van der Waals surface area contributed by atoms with Crippen molar-refractivity contribution >= 4 is 24.3 Å². The van der Waals surface area contributed by atoms with Gasteiger partial charge in [0.25, 0.3) is 0 Å². The number of aliphatic hydroxyl groups is 1. The van der Waals surface area contributed by atoms with E-state index >= 15 is 0 Å². The van der Waals surface area contributed by atoms with Gasteiger partial charge in [-0.25, -0.2) is 0 Å². The Bertz CT molecular complexity index is 510. The topological polar surface area (TPSA) is 51.6 Å². The molecule has 0 saturated carbocycles. The van der Waals surface area contributed by atoms with E-state index in [0.29, 0.717) is 16.2 Å². The molecule has 0 bridgehead atoms. The Morgan fingerprint density at radius 1 is 1.20 bits per heavy atom. The van der Waals surface area contributed by atoms with Gasteiger partial charge in [0.05, 0.1) is 22.4 Å². The van der Waals surface area contributed by atoms with Gasteiger partial charge in [0.15, 0.2) is 0 Å². The number of hydrogen-bond acceptors (Lipinski definition) is 4. The highest BCUT2D eigenvalue weighted by Gasteiger charge is 2.52. The summed E-state index contributed by atoms with van der Waals surface area (Å²) >= 11 is 6.22. The molecule has 1 aliphatic rings. The summed E-state index contributed by atoms with van der Waals surface area (Å²) in [7, 11) is -0.548. The molecule has 6 heteroatoms. The molecule has 20 heavy (non-hydrogen) atoms. The number of nitrogens with zero attached hydrogens (tertiary/aromatic N) is 1. The number of halogens is 1. The van der Waals surface area contributed by atoms with E-state index in [1.807, 2.05) is 27.7 Å². The van der Waals surface area contributed by atoms with Gasteiger partial charge in [0.2, 0.25) is 0 Å². The molecule has 1 saturated heterocycles. The van der Waals surface area contributed by atoms with Crippen molar-refractivity contribution in [2.75, 3.05) is 0 Å². The first kappa shape index (κ1) is 15.8. The lowest BCUT2D eigenvalue weighted by Gasteiger charge is -2.32. The molecule has 0 amide bonds. The molecule has 0 unspecified atom stereocenters. The first-order chi connectivity index (χ1) is 8.94. The largest absolute Gasteiger partial charge is 0.514 e. The number of pyridine rings is 1. The molecule has 0 aliphatic carbocycles. The third kappa shape index (κ3) is 2.73. The lowest BCUT2D eigenvalue weighted by atomic mass is 9.83. The van der Waals surface area contributed by atoms with Gasteiger partial charge in [-0.1, -0.05) is 11.6 Å². The molecule has 0 radical (unpaired) electrons. The number of rotatable bonds is 2. The summed E-state index contributed by atoms with van der Waals surface area (Å²) in [6.45, 7) is 11.3. The normalized spacial score (nSPS) is 21.3. The van der Waals surface area contributed by atoms with Crippen LogP contribution in [0.25, 0.3) is 0 Å². The maximum atomic E-state index is 10.0. The van der Waals surface area contributed by atoms with Gasteiger partial charge in [0, 0.05) is 16.8 Å². The van der Waals surface area contributed by atoms with Crippen LogP contribution in [0.15, 0.2) is 12.3 Å². The third-order valence-electron chi connectivity index (χ3n) is 4.03. The Hall–Kier alpha value is -0.615. The van der Waals surface area contributed by atoms with Crippen molar-refractivity contribution in [1.29, 1.82) is 0 Å². The minimum Gasteiger partial charge on any atom is -0.398 e. The Labute approximate surface area is 125 Å². The van der Waals surface area contributed by atoms with E-state index in [-0.39, 0.29) is 0 Å². The summed E-state index contributed by atoms with van der Waals surface area (Å²) in [5.74, 6) is 0. The second kappa shape index (κ2) is 4.70. The SMILES string of the molecule is CC(C)(O)c1cnc(B2OC(C)(C)C(C)(C)O2)cc1Cl. The second-order valence-electron chi connectivity index (χ2n) is 6.74. The summed E-state index contributed by atoms with van der Waals surface area (Å²) in [6, 6.07) is 1.69. The van der Waals surface area contributed by atoms with Gasteiger partial charge in [-0.2, -0.15) is 0 Å². The fourth-order valence-electron chi connectivity index (χ4n) is 1.99. The molecule has 1 aromatic heterocycles. The Morgan fingerprint density at radius 2 is 1.70 bits per heavy atom. The van der Waals surface area contributed by atoms with Crippen LogP contribution in [0, 0.1) is 0 Å². The van der Waals surface area contributed by atoms with E-state index in [4.69, 9.17) is 20.9 Å². The van der Waals surface area contributed by atoms with Crippen molar-refractivity contribution in [3.63, 3.8) is 0 Å². The molecule has 1 aliphatic heterocycles. The Kier molecular flexibility index (Phi) is 3.71. The fraction of sp³-hybridized carbons (Fsp3) is 0.643. The van der Waals surface area contributed by atoms with Crippen molar-refractivity contribution in [2.45, 2.75) is 58.3 Å². The lowest BCUT2D eigenvalue weighted by molar-refractivity contribution is 0.00578. The first-order valence-corrected chi connectivity index (χ1v) is 7.06. The Balaban J connectivity index is 2.31. The lowest BCUT2D eigenvalue weighted by Crippen LogP contribution is -2.41. The molecular weight excluding hydrogens is 276 g/mol. The van der Waals surface area contributed by atoms with E-state index < -0.39 is 23.9 Å². The van der Waals surface area contributed by atoms with E-state index in [1.54, 1.807) is 26.1 Å². The zero-order valence-electron chi connectivity index (χ0n) is 12.8.